The molecule has 0 bridgehead atoms. The summed E-state index contributed by atoms with van der Waals surface area (Å²) in [6.45, 7) is 2.83. The normalized spacial score (nSPS) is 15.8. The molecule has 1 aliphatic carbocycles. The van der Waals surface area contributed by atoms with Crippen LogP contribution in [0.2, 0.25) is 0 Å². The first kappa shape index (κ1) is 16.8. The molecular weight excluding hydrogens is 354 g/mol. The minimum Gasteiger partial charge on any atom is -0.492 e. The Bertz CT molecular complexity index is 1050. The second kappa shape index (κ2) is 6.09. The topological polar surface area (TPSA) is 86.4 Å². The maximum absolute atomic E-state index is 6.16. The summed E-state index contributed by atoms with van der Waals surface area (Å²) in [4.78, 5) is 14.5. The fourth-order valence-electron chi connectivity index (χ4n) is 3.75. The van der Waals surface area contributed by atoms with E-state index in [9.17, 15) is 0 Å². The van der Waals surface area contributed by atoms with Gasteiger partial charge in [-0.1, -0.05) is 6.07 Å². The molecule has 1 fully saturated rings. The zero-order chi connectivity index (χ0) is 19.3. The Kier molecular flexibility index (Phi) is 3.65. The highest BCUT2D eigenvalue weighted by molar-refractivity contribution is 5.69. The molecule has 5 rings (SSSR count). The van der Waals surface area contributed by atoms with E-state index in [0.717, 1.165) is 42.2 Å². The van der Waals surface area contributed by atoms with Crippen LogP contribution in [-0.4, -0.2) is 28.6 Å². The van der Waals surface area contributed by atoms with Gasteiger partial charge in [-0.2, -0.15) is 0 Å². The van der Waals surface area contributed by atoms with Crippen LogP contribution in [0, 0.1) is 6.92 Å². The van der Waals surface area contributed by atoms with Gasteiger partial charge in [0, 0.05) is 24.1 Å². The largest absolute Gasteiger partial charge is 0.492 e. The molecule has 2 N–H and O–H groups in total. The maximum Gasteiger partial charge on any atom is 0.219 e. The first-order valence-electron chi connectivity index (χ1n) is 9.27. The lowest BCUT2D eigenvalue weighted by Gasteiger charge is -2.19. The van der Waals surface area contributed by atoms with Crippen LogP contribution in [0.3, 0.4) is 0 Å². The molecule has 0 amide bonds. The molecule has 7 heteroatoms. The minimum atomic E-state index is 0.140. The molecule has 28 heavy (non-hydrogen) atoms. The van der Waals surface area contributed by atoms with Crippen LogP contribution in [0.15, 0.2) is 43.0 Å². The van der Waals surface area contributed by atoms with Gasteiger partial charge in [0.25, 0.3) is 0 Å². The van der Waals surface area contributed by atoms with Gasteiger partial charge in [0.15, 0.2) is 5.82 Å². The summed E-state index contributed by atoms with van der Waals surface area (Å²) in [5.41, 5.74) is 9.82. The lowest BCUT2D eigenvalue weighted by Crippen LogP contribution is -2.13. The summed E-state index contributed by atoms with van der Waals surface area (Å²) in [6.07, 6.45) is 7.10. The van der Waals surface area contributed by atoms with Crippen molar-refractivity contribution in [2.24, 2.45) is 0 Å². The number of rotatable bonds is 4. The molecule has 0 unspecified atom stereocenters. The monoisotopic (exact) mass is 375 g/mol. The Morgan fingerprint density at radius 3 is 2.71 bits per heavy atom. The summed E-state index contributed by atoms with van der Waals surface area (Å²) in [5.74, 6) is 2.99. The van der Waals surface area contributed by atoms with Crippen LogP contribution < -0.4 is 20.1 Å². The molecule has 2 aliphatic rings. The molecule has 142 valence electrons. The molecule has 2 aromatic heterocycles. The van der Waals surface area contributed by atoms with E-state index in [2.05, 4.69) is 21.9 Å². The lowest BCUT2D eigenvalue weighted by atomic mass is 9.95. The predicted octanol–water partition coefficient (Wildman–Crippen LogP) is 3.75. The summed E-state index contributed by atoms with van der Waals surface area (Å²) >= 11 is 0. The van der Waals surface area contributed by atoms with E-state index < -0.39 is 0 Å². The Hall–Kier alpha value is -3.35. The summed E-state index contributed by atoms with van der Waals surface area (Å²) in [6, 6.07) is 7.84. The number of ether oxygens (including phenoxy) is 2. The third-order valence-corrected chi connectivity index (χ3v) is 5.55. The van der Waals surface area contributed by atoms with Crippen LogP contribution in [0.25, 0.3) is 0 Å². The number of hydrogen-bond donors (Lipinski definition) is 1. The number of nitrogen functional groups attached to an aromatic ring is 1. The zero-order valence-corrected chi connectivity index (χ0v) is 15.8. The van der Waals surface area contributed by atoms with Crippen molar-refractivity contribution < 1.29 is 9.47 Å². The maximum atomic E-state index is 6.16. The SMILES string of the molecule is Cc1ccc(Oc2ccc(N(C)c3ncncc3N)cn2)c2c1OCC21CC1. The van der Waals surface area contributed by atoms with Crippen molar-refractivity contribution in [2.75, 3.05) is 24.3 Å². The quantitative estimate of drug-likeness (QED) is 0.743. The first-order chi connectivity index (χ1) is 13.6. The predicted molar refractivity (Wildman–Crippen MR) is 106 cm³/mol. The molecular formula is C21H21N5O2. The number of nitrogens with two attached hydrogens (primary N) is 1. The van der Waals surface area contributed by atoms with Crippen molar-refractivity contribution >= 4 is 17.2 Å². The standard InChI is InChI=1S/C21H21N5O2/c1-13-3-5-16(18-19(13)27-11-21(18)7-8-21)28-17-6-4-14(9-24-17)26(2)20-15(22)10-23-12-25-20/h3-6,9-10,12H,7-8,11,22H2,1-2H3. The van der Waals surface area contributed by atoms with Gasteiger partial charge in [0.2, 0.25) is 5.88 Å². The van der Waals surface area contributed by atoms with E-state index in [4.69, 9.17) is 15.2 Å². The van der Waals surface area contributed by atoms with Crippen LogP contribution in [0.1, 0.15) is 24.0 Å². The van der Waals surface area contributed by atoms with Crippen molar-refractivity contribution in [1.29, 1.82) is 0 Å². The zero-order valence-electron chi connectivity index (χ0n) is 15.8. The molecule has 0 atom stereocenters. The van der Waals surface area contributed by atoms with E-state index in [-0.39, 0.29) is 5.41 Å². The summed E-state index contributed by atoms with van der Waals surface area (Å²) < 4.78 is 12.1. The van der Waals surface area contributed by atoms with Gasteiger partial charge in [0.05, 0.1) is 30.4 Å². The van der Waals surface area contributed by atoms with E-state index in [1.165, 1.54) is 11.9 Å². The highest BCUT2D eigenvalue weighted by Gasteiger charge is 2.53. The van der Waals surface area contributed by atoms with Gasteiger partial charge >= 0.3 is 0 Å². The number of hydrogen-bond acceptors (Lipinski definition) is 7. The molecule has 1 aromatic carbocycles. The molecule has 3 heterocycles. The number of aromatic nitrogens is 3. The highest BCUT2D eigenvalue weighted by atomic mass is 16.5. The van der Waals surface area contributed by atoms with Crippen molar-refractivity contribution in [1.82, 2.24) is 15.0 Å². The first-order valence-corrected chi connectivity index (χ1v) is 9.27. The number of nitrogens with zero attached hydrogens (tertiary/aromatic N) is 4. The third-order valence-electron chi connectivity index (χ3n) is 5.55. The number of aryl methyl sites for hydroxylation is 1. The van der Waals surface area contributed by atoms with Gasteiger partial charge in [-0.05, 0) is 37.5 Å². The summed E-state index contributed by atoms with van der Waals surface area (Å²) in [7, 11) is 1.89. The number of anilines is 3. The summed E-state index contributed by atoms with van der Waals surface area (Å²) in [5, 5.41) is 0. The lowest BCUT2D eigenvalue weighted by molar-refractivity contribution is 0.322. The second-order valence-corrected chi connectivity index (χ2v) is 7.47. The van der Waals surface area contributed by atoms with Gasteiger partial charge < -0.3 is 20.1 Å². The average Bonchev–Trinajstić information content (AvgIpc) is 3.38. The Labute approximate surface area is 163 Å². The molecule has 3 aromatic rings. The second-order valence-electron chi connectivity index (χ2n) is 7.47. The Morgan fingerprint density at radius 2 is 2.00 bits per heavy atom. The van der Waals surface area contributed by atoms with E-state index in [1.54, 1.807) is 12.4 Å². The smallest absolute Gasteiger partial charge is 0.219 e. The van der Waals surface area contributed by atoms with Crippen molar-refractivity contribution in [3.05, 3.63) is 54.1 Å². The van der Waals surface area contributed by atoms with Gasteiger partial charge in [-0.15, -0.1) is 0 Å². The van der Waals surface area contributed by atoms with Gasteiger partial charge in [-0.25, -0.2) is 15.0 Å². The Balaban J connectivity index is 1.41. The van der Waals surface area contributed by atoms with Gasteiger partial charge in [-0.3, -0.25) is 0 Å². The average molecular weight is 375 g/mol. The van der Waals surface area contributed by atoms with Crippen molar-refractivity contribution in [2.45, 2.75) is 25.2 Å². The fourth-order valence-corrected chi connectivity index (χ4v) is 3.75. The van der Waals surface area contributed by atoms with E-state index in [1.807, 2.05) is 36.2 Å². The fraction of sp³-hybridized carbons (Fsp3) is 0.286. The van der Waals surface area contributed by atoms with Gasteiger partial charge in [0.1, 0.15) is 17.8 Å². The van der Waals surface area contributed by atoms with Crippen LogP contribution >= 0.6 is 0 Å². The van der Waals surface area contributed by atoms with Crippen molar-refractivity contribution in [3.8, 4) is 17.4 Å². The molecule has 7 nitrogen and oxygen atoms in total. The third kappa shape index (κ3) is 2.62. The minimum absolute atomic E-state index is 0.140. The number of fused-ring (bicyclic) bond motifs is 2. The van der Waals surface area contributed by atoms with Crippen LogP contribution in [0.4, 0.5) is 17.2 Å². The van der Waals surface area contributed by atoms with Crippen LogP contribution in [-0.2, 0) is 5.41 Å². The highest BCUT2D eigenvalue weighted by Crippen LogP contribution is 2.59. The number of pyridine rings is 1. The van der Waals surface area contributed by atoms with E-state index in [0.29, 0.717) is 17.4 Å². The number of benzene rings is 1. The molecule has 0 saturated heterocycles. The van der Waals surface area contributed by atoms with E-state index >= 15 is 0 Å². The molecule has 1 saturated carbocycles. The van der Waals surface area contributed by atoms with Crippen LogP contribution in [0.5, 0.6) is 17.4 Å². The van der Waals surface area contributed by atoms with Crippen molar-refractivity contribution in [3.63, 3.8) is 0 Å². The molecule has 1 aliphatic heterocycles. The Morgan fingerprint density at radius 1 is 1.14 bits per heavy atom. The molecule has 1 spiro atoms. The molecule has 0 radical (unpaired) electrons.